The van der Waals surface area contributed by atoms with Crippen LogP contribution in [0, 0.1) is 6.92 Å². The van der Waals surface area contributed by atoms with Gasteiger partial charge in [-0.3, -0.25) is 4.98 Å². The van der Waals surface area contributed by atoms with Crippen LogP contribution in [0.5, 0.6) is 5.75 Å². The first kappa shape index (κ1) is 13.8. The Morgan fingerprint density at radius 1 is 1.10 bits per heavy atom. The number of hydrogen-bond acceptors (Lipinski definition) is 4. The first-order chi connectivity index (χ1) is 10.2. The lowest BCUT2D eigenvalue weighted by atomic mass is 10.1. The van der Waals surface area contributed by atoms with Crippen LogP contribution in [0.4, 0.5) is 5.69 Å². The Labute approximate surface area is 128 Å². The van der Waals surface area contributed by atoms with Crippen molar-refractivity contribution in [1.29, 1.82) is 0 Å². The molecular weight excluding hydrogens is 280 g/mol. The number of aryl methyl sites for hydroxylation is 1. The number of anilines is 1. The van der Waals surface area contributed by atoms with Gasteiger partial charge in [0.2, 0.25) is 0 Å². The quantitative estimate of drug-likeness (QED) is 0.733. The Bertz CT molecular complexity index is 802. The SMILES string of the molecule is COc1cccc(Sc2ccc(N)c3cnc(C)cc23)c1. The average Bonchev–Trinajstić information content (AvgIpc) is 2.50. The van der Waals surface area contributed by atoms with E-state index in [2.05, 4.69) is 23.2 Å². The molecule has 1 heterocycles. The first-order valence-electron chi connectivity index (χ1n) is 6.64. The van der Waals surface area contributed by atoms with E-state index in [-0.39, 0.29) is 0 Å². The highest BCUT2D eigenvalue weighted by Crippen LogP contribution is 2.36. The Morgan fingerprint density at radius 2 is 1.95 bits per heavy atom. The van der Waals surface area contributed by atoms with Crippen molar-refractivity contribution >= 4 is 28.2 Å². The van der Waals surface area contributed by atoms with Gasteiger partial charge >= 0.3 is 0 Å². The zero-order valence-electron chi connectivity index (χ0n) is 12.0. The number of ether oxygens (including phenoxy) is 1. The molecule has 3 nitrogen and oxygen atoms in total. The van der Waals surface area contributed by atoms with Crippen molar-refractivity contribution in [3.8, 4) is 5.75 Å². The molecule has 0 atom stereocenters. The molecule has 0 aliphatic heterocycles. The summed E-state index contributed by atoms with van der Waals surface area (Å²) in [5, 5.41) is 2.13. The zero-order valence-corrected chi connectivity index (χ0v) is 12.8. The third kappa shape index (κ3) is 2.81. The van der Waals surface area contributed by atoms with Crippen molar-refractivity contribution in [2.45, 2.75) is 16.7 Å². The summed E-state index contributed by atoms with van der Waals surface area (Å²) in [5.74, 6) is 0.859. The topological polar surface area (TPSA) is 48.1 Å². The smallest absolute Gasteiger partial charge is 0.119 e. The second kappa shape index (κ2) is 5.66. The molecule has 1 aromatic heterocycles. The lowest BCUT2D eigenvalue weighted by molar-refractivity contribution is 0.413. The maximum absolute atomic E-state index is 6.04. The highest BCUT2D eigenvalue weighted by molar-refractivity contribution is 7.99. The molecule has 0 unspecified atom stereocenters. The molecule has 0 bridgehead atoms. The summed E-state index contributed by atoms with van der Waals surface area (Å²) in [6.45, 7) is 1.99. The van der Waals surface area contributed by atoms with Crippen LogP contribution in [0.25, 0.3) is 10.8 Å². The molecule has 2 aromatic carbocycles. The van der Waals surface area contributed by atoms with Crippen LogP contribution in [0.15, 0.2) is 58.5 Å². The second-order valence-electron chi connectivity index (χ2n) is 4.81. The molecule has 21 heavy (non-hydrogen) atoms. The van der Waals surface area contributed by atoms with Crippen molar-refractivity contribution in [1.82, 2.24) is 4.98 Å². The molecule has 4 heteroatoms. The summed E-state index contributed by atoms with van der Waals surface area (Å²) in [5.41, 5.74) is 7.79. The van der Waals surface area contributed by atoms with Crippen LogP contribution in [0.2, 0.25) is 0 Å². The predicted octanol–water partition coefficient (Wildman–Crippen LogP) is 4.29. The Kier molecular flexibility index (Phi) is 3.71. The Hall–Kier alpha value is -2.20. The summed E-state index contributed by atoms with van der Waals surface area (Å²) < 4.78 is 5.27. The van der Waals surface area contributed by atoms with E-state index in [9.17, 15) is 0 Å². The molecular formula is C17H16N2OS. The van der Waals surface area contributed by atoms with Gasteiger partial charge < -0.3 is 10.5 Å². The minimum Gasteiger partial charge on any atom is -0.497 e. The third-order valence-electron chi connectivity index (χ3n) is 3.30. The molecule has 0 saturated heterocycles. The van der Waals surface area contributed by atoms with Gasteiger partial charge in [-0.25, -0.2) is 0 Å². The maximum atomic E-state index is 6.04. The van der Waals surface area contributed by atoms with E-state index in [1.165, 1.54) is 0 Å². The average molecular weight is 296 g/mol. The van der Waals surface area contributed by atoms with Crippen molar-refractivity contribution in [3.63, 3.8) is 0 Å². The minimum absolute atomic E-state index is 0.757. The van der Waals surface area contributed by atoms with Crippen molar-refractivity contribution < 1.29 is 4.74 Å². The summed E-state index contributed by atoms with van der Waals surface area (Å²) in [7, 11) is 1.68. The summed E-state index contributed by atoms with van der Waals surface area (Å²) in [4.78, 5) is 6.63. The van der Waals surface area contributed by atoms with Gasteiger partial charge in [-0.2, -0.15) is 0 Å². The fourth-order valence-corrected chi connectivity index (χ4v) is 3.21. The minimum atomic E-state index is 0.757. The molecule has 3 aromatic rings. The van der Waals surface area contributed by atoms with Crippen LogP contribution in [-0.4, -0.2) is 12.1 Å². The van der Waals surface area contributed by atoms with Crippen LogP contribution < -0.4 is 10.5 Å². The number of methoxy groups -OCH3 is 1. The van der Waals surface area contributed by atoms with Crippen LogP contribution in [0.3, 0.4) is 0 Å². The number of benzene rings is 2. The van der Waals surface area contributed by atoms with E-state index in [1.807, 2.05) is 37.4 Å². The molecule has 0 amide bonds. The van der Waals surface area contributed by atoms with Crippen LogP contribution in [0.1, 0.15) is 5.69 Å². The maximum Gasteiger partial charge on any atom is 0.119 e. The molecule has 0 saturated carbocycles. The van der Waals surface area contributed by atoms with E-state index in [4.69, 9.17) is 10.5 Å². The molecule has 106 valence electrons. The zero-order chi connectivity index (χ0) is 14.8. The van der Waals surface area contributed by atoms with Gasteiger partial charge in [-0.15, -0.1) is 0 Å². The summed E-state index contributed by atoms with van der Waals surface area (Å²) >= 11 is 1.70. The number of nitrogen functional groups attached to an aromatic ring is 1. The number of fused-ring (bicyclic) bond motifs is 1. The van der Waals surface area contributed by atoms with Gasteiger partial charge in [0.15, 0.2) is 0 Å². The number of rotatable bonds is 3. The van der Waals surface area contributed by atoms with Crippen molar-refractivity contribution in [2.24, 2.45) is 0 Å². The van der Waals surface area contributed by atoms with Crippen molar-refractivity contribution in [3.05, 3.63) is 54.4 Å². The summed E-state index contributed by atoms with van der Waals surface area (Å²) in [6.07, 6.45) is 1.84. The largest absolute Gasteiger partial charge is 0.497 e. The van der Waals surface area contributed by atoms with Crippen molar-refractivity contribution in [2.75, 3.05) is 12.8 Å². The van der Waals surface area contributed by atoms with Crippen LogP contribution >= 0.6 is 11.8 Å². The van der Waals surface area contributed by atoms with Gasteiger partial charge in [-0.05, 0) is 43.3 Å². The summed E-state index contributed by atoms with van der Waals surface area (Å²) in [6, 6.07) is 14.1. The molecule has 0 aliphatic rings. The number of aromatic nitrogens is 1. The van der Waals surface area contributed by atoms with E-state index < -0.39 is 0 Å². The third-order valence-corrected chi connectivity index (χ3v) is 4.37. The van der Waals surface area contributed by atoms with E-state index in [0.29, 0.717) is 0 Å². The lowest BCUT2D eigenvalue weighted by Crippen LogP contribution is -1.91. The fourth-order valence-electron chi connectivity index (χ4n) is 2.22. The van der Waals surface area contributed by atoms with E-state index in [1.54, 1.807) is 18.9 Å². The molecule has 3 rings (SSSR count). The fraction of sp³-hybridized carbons (Fsp3) is 0.118. The Morgan fingerprint density at radius 3 is 2.76 bits per heavy atom. The highest BCUT2D eigenvalue weighted by Gasteiger charge is 2.07. The molecule has 2 N–H and O–H groups in total. The standard InChI is InChI=1S/C17H16N2OS/c1-11-8-14-15(10-19-11)16(18)6-7-17(14)21-13-5-3-4-12(9-13)20-2/h3-10H,18H2,1-2H3. The molecule has 0 fully saturated rings. The van der Waals surface area contributed by atoms with Gasteiger partial charge in [-0.1, -0.05) is 17.8 Å². The predicted molar refractivity (Wildman–Crippen MR) is 88.0 cm³/mol. The normalized spacial score (nSPS) is 10.8. The van der Waals surface area contributed by atoms with Gasteiger partial charge in [0.25, 0.3) is 0 Å². The van der Waals surface area contributed by atoms with E-state index >= 15 is 0 Å². The molecule has 0 spiro atoms. The number of hydrogen-bond donors (Lipinski definition) is 1. The Balaban J connectivity index is 2.08. The molecule has 0 radical (unpaired) electrons. The van der Waals surface area contributed by atoms with E-state index in [0.717, 1.165) is 37.7 Å². The lowest BCUT2D eigenvalue weighted by Gasteiger charge is -2.10. The van der Waals surface area contributed by atoms with Crippen LogP contribution in [-0.2, 0) is 0 Å². The monoisotopic (exact) mass is 296 g/mol. The highest BCUT2D eigenvalue weighted by atomic mass is 32.2. The number of nitrogens with two attached hydrogens (primary N) is 1. The number of nitrogens with zero attached hydrogens (tertiary/aromatic N) is 1. The second-order valence-corrected chi connectivity index (χ2v) is 5.92. The first-order valence-corrected chi connectivity index (χ1v) is 7.46. The van der Waals surface area contributed by atoms with Gasteiger partial charge in [0.05, 0.1) is 7.11 Å². The van der Waals surface area contributed by atoms with Gasteiger partial charge in [0.1, 0.15) is 5.75 Å². The number of pyridine rings is 1. The van der Waals surface area contributed by atoms with Gasteiger partial charge in [0, 0.05) is 38.1 Å². The molecule has 0 aliphatic carbocycles.